The van der Waals surface area contributed by atoms with Crippen molar-refractivity contribution in [1.29, 1.82) is 0 Å². The van der Waals surface area contributed by atoms with E-state index in [1.807, 2.05) is 0 Å². The van der Waals surface area contributed by atoms with Crippen molar-refractivity contribution in [2.24, 2.45) is 11.7 Å². The smallest absolute Gasteiger partial charge is 0.377 e. The van der Waals surface area contributed by atoms with E-state index >= 15 is 0 Å². The molecule has 4 nitrogen and oxygen atoms in total. The minimum absolute atomic E-state index is 0.124. The molecule has 140 valence electrons. The number of unbranched alkanes of at least 4 members (excludes halogenated alkanes) is 5. The zero-order valence-corrected chi connectivity index (χ0v) is 17.5. The molecule has 5 heteroatoms. The summed E-state index contributed by atoms with van der Waals surface area (Å²) in [4.78, 5) is 0. The Kier molecular flexibility index (Phi) is 12.5. The number of hydrogen-bond donors (Lipinski definition) is 1. The van der Waals surface area contributed by atoms with Crippen LogP contribution in [0.4, 0.5) is 0 Å². The zero-order valence-electron chi connectivity index (χ0n) is 16.5. The van der Waals surface area contributed by atoms with Crippen molar-refractivity contribution in [1.82, 2.24) is 0 Å². The quantitative estimate of drug-likeness (QED) is 0.343. The van der Waals surface area contributed by atoms with Crippen LogP contribution in [0.25, 0.3) is 0 Å². The van der Waals surface area contributed by atoms with E-state index < -0.39 is 8.80 Å². The van der Waals surface area contributed by atoms with E-state index in [0.717, 1.165) is 18.9 Å². The Hall–Kier alpha value is 0.0569. The average Bonchev–Trinajstić information content (AvgIpc) is 2.52. The molecule has 0 aliphatic heterocycles. The van der Waals surface area contributed by atoms with E-state index in [2.05, 4.69) is 20.8 Å². The second-order valence-electron chi connectivity index (χ2n) is 7.26. The fraction of sp³-hybridized carbons (Fsp3) is 1.00. The topological polar surface area (TPSA) is 53.7 Å². The van der Waals surface area contributed by atoms with Crippen LogP contribution in [0, 0.1) is 5.92 Å². The van der Waals surface area contributed by atoms with Gasteiger partial charge in [0.1, 0.15) is 0 Å². The van der Waals surface area contributed by atoms with Crippen LogP contribution in [0.3, 0.4) is 0 Å². The lowest BCUT2D eigenvalue weighted by Crippen LogP contribution is -2.44. The highest BCUT2D eigenvalue weighted by Crippen LogP contribution is 2.28. The summed E-state index contributed by atoms with van der Waals surface area (Å²) >= 11 is 0. The molecule has 0 radical (unpaired) electrons. The molecule has 0 spiro atoms. The van der Waals surface area contributed by atoms with Gasteiger partial charge in [-0.05, 0) is 39.0 Å². The van der Waals surface area contributed by atoms with Gasteiger partial charge in [-0.3, -0.25) is 0 Å². The van der Waals surface area contributed by atoms with Crippen LogP contribution in [-0.4, -0.2) is 35.7 Å². The maximum atomic E-state index is 6.41. The van der Waals surface area contributed by atoms with Gasteiger partial charge in [-0.1, -0.05) is 45.4 Å². The summed E-state index contributed by atoms with van der Waals surface area (Å²) in [5, 5.41) is 0. The van der Waals surface area contributed by atoms with Crippen molar-refractivity contribution in [2.75, 3.05) is 21.3 Å². The first-order valence-corrected chi connectivity index (χ1v) is 11.2. The Balaban J connectivity index is 4.21. The predicted octanol–water partition coefficient (Wildman–Crippen LogP) is 4.75. The van der Waals surface area contributed by atoms with Crippen LogP contribution < -0.4 is 5.73 Å². The first-order chi connectivity index (χ1) is 10.8. The molecule has 0 bridgehead atoms. The number of hydrogen-bond acceptors (Lipinski definition) is 4. The molecule has 2 N–H and O–H groups in total. The van der Waals surface area contributed by atoms with Gasteiger partial charge in [-0.25, -0.2) is 0 Å². The normalized spacial score (nSPS) is 14.2. The van der Waals surface area contributed by atoms with E-state index in [1.165, 1.54) is 44.9 Å². The van der Waals surface area contributed by atoms with Gasteiger partial charge in [0.05, 0.1) is 0 Å². The Bertz CT molecular complexity index is 270. The van der Waals surface area contributed by atoms with Gasteiger partial charge in [0.2, 0.25) is 0 Å². The molecule has 0 aromatic heterocycles. The first-order valence-electron chi connectivity index (χ1n) is 9.29. The summed E-state index contributed by atoms with van der Waals surface area (Å²) in [7, 11) is 2.60. The average molecular weight is 348 g/mol. The lowest BCUT2D eigenvalue weighted by atomic mass is 9.81. The van der Waals surface area contributed by atoms with Crippen molar-refractivity contribution >= 4 is 8.80 Å². The van der Waals surface area contributed by atoms with E-state index in [1.54, 1.807) is 21.3 Å². The highest BCUT2D eigenvalue weighted by Gasteiger charge is 2.37. The van der Waals surface area contributed by atoms with Gasteiger partial charge in [-0.15, -0.1) is 0 Å². The van der Waals surface area contributed by atoms with Crippen molar-refractivity contribution < 1.29 is 13.3 Å². The lowest BCUT2D eigenvalue weighted by Gasteiger charge is -2.32. The van der Waals surface area contributed by atoms with Crippen molar-refractivity contribution in [2.45, 2.75) is 90.1 Å². The summed E-state index contributed by atoms with van der Waals surface area (Å²) in [5.41, 5.74) is 6.28. The van der Waals surface area contributed by atoms with Gasteiger partial charge in [0.25, 0.3) is 0 Å². The molecule has 0 aromatic rings. The summed E-state index contributed by atoms with van der Waals surface area (Å²) in [6.07, 6.45) is 11.4. The highest BCUT2D eigenvalue weighted by atomic mass is 28.4. The van der Waals surface area contributed by atoms with Crippen molar-refractivity contribution in [3.63, 3.8) is 0 Å². The Morgan fingerprint density at radius 1 is 0.826 bits per heavy atom. The maximum Gasteiger partial charge on any atom is 0.500 e. The molecule has 1 unspecified atom stereocenters. The van der Waals surface area contributed by atoms with E-state index in [9.17, 15) is 0 Å². The number of rotatable bonds is 15. The Morgan fingerprint density at radius 3 is 1.78 bits per heavy atom. The fourth-order valence-corrected chi connectivity index (χ4v) is 4.93. The second-order valence-corrected chi connectivity index (χ2v) is 10.4. The molecule has 0 amide bonds. The van der Waals surface area contributed by atoms with E-state index in [4.69, 9.17) is 19.0 Å². The molecule has 0 saturated carbocycles. The van der Waals surface area contributed by atoms with Gasteiger partial charge in [0, 0.05) is 32.9 Å². The van der Waals surface area contributed by atoms with Crippen LogP contribution in [0.15, 0.2) is 0 Å². The van der Waals surface area contributed by atoms with Crippen molar-refractivity contribution in [3.05, 3.63) is 0 Å². The molecule has 0 aliphatic carbocycles. The van der Waals surface area contributed by atoms with Gasteiger partial charge in [-0.2, -0.15) is 0 Å². The third kappa shape index (κ3) is 9.82. The largest absolute Gasteiger partial charge is 0.500 e. The molecule has 0 aromatic carbocycles. The standard InChI is InChI=1S/C18H41NO3Si/c1-7-8-9-10-11-12-14-17(18(2,3)19)15-13-16-23(20-4,21-5)22-6/h17H,7-16,19H2,1-6H3. The lowest BCUT2D eigenvalue weighted by molar-refractivity contribution is 0.121. The van der Waals surface area contributed by atoms with Crippen molar-refractivity contribution in [3.8, 4) is 0 Å². The second kappa shape index (κ2) is 12.4. The van der Waals surface area contributed by atoms with Gasteiger partial charge in [0.15, 0.2) is 0 Å². The summed E-state index contributed by atoms with van der Waals surface area (Å²) in [5.74, 6) is 0.547. The predicted molar refractivity (Wildman–Crippen MR) is 101 cm³/mol. The third-order valence-electron chi connectivity index (χ3n) is 4.93. The highest BCUT2D eigenvalue weighted by molar-refractivity contribution is 6.60. The van der Waals surface area contributed by atoms with Crippen LogP contribution in [0.1, 0.15) is 78.6 Å². The molecule has 0 rings (SSSR count). The summed E-state index contributed by atoms with van der Waals surface area (Å²) in [6, 6.07) is 0.861. The van der Waals surface area contributed by atoms with E-state index in [0.29, 0.717) is 5.92 Å². The minimum atomic E-state index is -2.44. The maximum absolute atomic E-state index is 6.41. The van der Waals surface area contributed by atoms with Crippen LogP contribution in [0.2, 0.25) is 6.04 Å². The monoisotopic (exact) mass is 347 g/mol. The molecule has 0 saturated heterocycles. The Morgan fingerprint density at radius 2 is 1.30 bits per heavy atom. The van der Waals surface area contributed by atoms with Crippen LogP contribution in [-0.2, 0) is 13.3 Å². The third-order valence-corrected chi connectivity index (χ3v) is 7.76. The molecule has 0 heterocycles. The zero-order chi connectivity index (χ0) is 17.8. The van der Waals surface area contributed by atoms with E-state index in [-0.39, 0.29) is 5.54 Å². The Labute approximate surface area is 145 Å². The summed E-state index contributed by atoms with van der Waals surface area (Å²) in [6.45, 7) is 6.57. The fourth-order valence-electron chi connectivity index (χ4n) is 3.18. The van der Waals surface area contributed by atoms with Gasteiger partial charge < -0.3 is 19.0 Å². The first kappa shape index (κ1) is 23.1. The van der Waals surface area contributed by atoms with Gasteiger partial charge >= 0.3 is 8.80 Å². The summed E-state index contributed by atoms with van der Waals surface area (Å²) < 4.78 is 16.5. The molecule has 23 heavy (non-hydrogen) atoms. The molecule has 0 aliphatic rings. The minimum Gasteiger partial charge on any atom is -0.377 e. The van der Waals surface area contributed by atoms with Crippen LogP contribution >= 0.6 is 0 Å². The number of nitrogens with two attached hydrogens (primary N) is 1. The SMILES string of the molecule is CCCCCCCCC(CCC[Si](OC)(OC)OC)C(C)(C)N. The van der Waals surface area contributed by atoms with Crippen LogP contribution in [0.5, 0.6) is 0 Å². The molecular formula is C18H41NO3Si. The molecule has 1 atom stereocenters. The molecule has 0 fully saturated rings. The molecular weight excluding hydrogens is 306 g/mol.